The molecule has 0 heterocycles. The van der Waals surface area contributed by atoms with Crippen LogP contribution in [-0.4, -0.2) is 33.1 Å². The Kier molecular flexibility index (Phi) is 5.45. The van der Waals surface area contributed by atoms with Crippen molar-refractivity contribution >= 4 is 0 Å². The lowest BCUT2D eigenvalue weighted by atomic mass is 9.60. The molecule has 4 nitrogen and oxygen atoms in total. The van der Waals surface area contributed by atoms with Gasteiger partial charge in [0.05, 0.1) is 29.8 Å². The molecular weight excluding hydrogens is 290 g/mol. The van der Waals surface area contributed by atoms with E-state index in [1.165, 1.54) is 0 Å². The number of nitrogens with zero attached hydrogens (tertiary/aromatic N) is 1. The standard InChI is InChI=1S/C19H33NO3/c1-12(13(11-20)10-17(22)18(2,3)23)14-7-8-15-16(21)6-5-9-19(14,15)4/h12-17,21-23H,5-10H2,1-4H3/t12-,13?,14-,15+,16+,17+,19-/m1/s1. The fourth-order valence-electron chi connectivity index (χ4n) is 5.25. The van der Waals surface area contributed by atoms with Crippen LogP contribution in [0.15, 0.2) is 0 Å². The summed E-state index contributed by atoms with van der Waals surface area (Å²) in [5.41, 5.74) is -1.08. The molecule has 7 atom stereocenters. The average molecular weight is 323 g/mol. The number of hydrogen-bond donors (Lipinski definition) is 3. The Balaban J connectivity index is 2.12. The summed E-state index contributed by atoms with van der Waals surface area (Å²) >= 11 is 0. The number of aliphatic hydroxyl groups is 3. The molecular formula is C19H33NO3. The van der Waals surface area contributed by atoms with Gasteiger partial charge in [-0.3, -0.25) is 0 Å². The zero-order valence-electron chi connectivity index (χ0n) is 15.0. The van der Waals surface area contributed by atoms with Crippen molar-refractivity contribution < 1.29 is 15.3 Å². The largest absolute Gasteiger partial charge is 0.393 e. The molecule has 0 aromatic rings. The first-order valence-corrected chi connectivity index (χ1v) is 9.09. The van der Waals surface area contributed by atoms with E-state index < -0.39 is 11.7 Å². The summed E-state index contributed by atoms with van der Waals surface area (Å²) in [4.78, 5) is 0. The molecule has 1 unspecified atom stereocenters. The number of nitriles is 1. The predicted octanol–water partition coefficient (Wildman–Crippen LogP) is 2.86. The van der Waals surface area contributed by atoms with Crippen LogP contribution in [0.3, 0.4) is 0 Å². The Hall–Kier alpha value is -0.630. The van der Waals surface area contributed by atoms with Gasteiger partial charge < -0.3 is 15.3 Å². The van der Waals surface area contributed by atoms with Gasteiger partial charge in [0.1, 0.15) is 0 Å². The molecule has 0 aromatic carbocycles. The monoisotopic (exact) mass is 323 g/mol. The van der Waals surface area contributed by atoms with Crippen molar-refractivity contribution in [3.05, 3.63) is 0 Å². The van der Waals surface area contributed by atoms with Crippen LogP contribution in [0.4, 0.5) is 0 Å². The molecule has 23 heavy (non-hydrogen) atoms. The fraction of sp³-hybridized carbons (Fsp3) is 0.947. The molecule has 4 heteroatoms. The maximum absolute atomic E-state index is 10.4. The van der Waals surface area contributed by atoms with Gasteiger partial charge in [0.2, 0.25) is 0 Å². The van der Waals surface area contributed by atoms with Crippen LogP contribution in [-0.2, 0) is 0 Å². The van der Waals surface area contributed by atoms with E-state index in [2.05, 4.69) is 19.9 Å². The Bertz CT molecular complexity index is 453. The van der Waals surface area contributed by atoms with Crippen LogP contribution in [0.1, 0.15) is 66.2 Å². The number of aliphatic hydroxyl groups excluding tert-OH is 2. The first-order valence-electron chi connectivity index (χ1n) is 9.09. The summed E-state index contributed by atoms with van der Waals surface area (Å²) in [5, 5.41) is 40.1. The molecule has 0 bridgehead atoms. The SMILES string of the molecule is C[C@H](C(C#N)C[C@H](O)C(C)(C)O)[C@H]1CC[C@H]2[C@@H](O)CCC[C@]12C. The second kappa shape index (κ2) is 6.70. The van der Waals surface area contributed by atoms with E-state index >= 15 is 0 Å². The average Bonchev–Trinajstić information content (AvgIpc) is 2.81. The van der Waals surface area contributed by atoms with Crippen molar-refractivity contribution in [2.24, 2.45) is 29.1 Å². The summed E-state index contributed by atoms with van der Waals surface area (Å²) in [6.07, 6.45) is 4.39. The van der Waals surface area contributed by atoms with Crippen molar-refractivity contribution in [1.29, 1.82) is 5.26 Å². The van der Waals surface area contributed by atoms with E-state index in [1.54, 1.807) is 13.8 Å². The molecule has 0 amide bonds. The van der Waals surface area contributed by atoms with Gasteiger partial charge in [-0.05, 0) is 69.1 Å². The zero-order chi connectivity index (χ0) is 17.4. The highest BCUT2D eigenvalue weighted by Crippen LogP contribution is 2.58. The second-order valence-electron chi connectivity index (χ2n) is 8.76. The predicted molar refractivity (Wildman–Crippen MR) is 89.4 cm³/mol. The van der Waals surface area contributed by atoms with Crippen LogP contribution in [0.2, 0.25) is 0 Å². The van der Waals surface area contributed by atoms with Crippen LogP contribution < -0.4 is 0 Å². The summed E-state index contributed by atoms with van der Waals surface area (Å²) in [6.45, 7) is 7.57. The van der Waals surface area contributed by atoms with Crippen molar-refractivity contribution in [3.8, 4) is 6.07 Å². The van der Waals surface area contributed by atoms with Gasteiger partial charge >= 0.3 is 0 Å². The van der Waals surface area contributed by atoms with Crippen LogP contribution in [0.5, 0.6) is 0 Å². The molecule has 2 saturated carbocycles. The highest BCUT2D eigenvalue weighted by molar-refractivity contribution is 5.05. The van der Waals surface area contributed by atoms with E-state index in [-0.39, 0.29) is 23.4 Å². The molecule has 3 N–H and O–H groups in total. The van der Waals surface area contributed by atoms with Crippen molar-refractivity contribution in [3.63, 3.8) is 0 Å². The summed E-state index contributed by atoms with van der Waals surface area (Å²) < 4.78 is 0. The molecule has 2 fully saturated rings. The first kappa shape index (κ1) is 18.7. The van der Waals surface area contributed by atoms with Gasteiger partial charge in [-0.1, -0.05) is 20.3 Å². The molecule has 0 radical (unpaired) electrons. The third kappa shape index (κ3) is 3.57. The van der Waals surface area contributed by atoms with Crippen LogP contribution in [0.25, 0.3) is 0 Å². The van der Waals surface area contributed by atoms with E-state index in [9.17, 15) is 20.6 Å². The minimum Gasteiger partial charge on any atom is -0.393 e. The second-order valence-corrected chi connectivity index (χ2v) is 8.76. The molecule has 132 valence electrons. The molecule has 0 aliphatic heterocycles. The van der Waals surface area contributed by atoms with Gasteiger partial charge in [0.15, 0.2) is 0 Å². The van der Waals surface area contributed by atoms with Crippen molar-refractivity contribution in [1.82, 2.24) is 0 Å². The third-order valence-corrected chi connectivity index (χ3v) is 6.89. The summed E-state index contributed by atoms with van der Waals surface area (Å²) in [7, 11) is 0. The molecule has 0 saturated heterocycles. The van der Waals surface area contributed by atoms with E-state index in [0.717, 1.165) is 32.1 Å². The third-order valence-electron chi connectivity index (χ3n) is 6.89. The van der Waals surface area contributed by atoms with Gasteiger partial charge in [-0.25, -0.2) is 0 Å². The Labute approximate surface area is 140 Å². The Morgan fingerprint density at radius 2 is 1.96 bits per heavy atom. The molecule has 2 rings (SSSR count). The smallest absolute Gasteiger partial charge is 0.0850 e. The number of fused-ring (bicyclic) bond motifs is 1. The van der Waals surface area contributed by atoms with Gasteiger partial charge in [0, 0.05) is 0 Å². The number of hydrogen-bond acceptors (Lipinski definition) is 4. The minimum absolute atomic E-state index is 0.103. The van der Waals surface area contributed by atoms with Gasteiger partial charge in [0.25, 0.3) is 0 Å². The zero-order valence-corrected chi connectivity index (χ0v) is 15.0. The molecule has 0 aromatic heterocycles. The Morgan fingerprint density at radius 1 is 1.30 bits per heavy atom. The summed E-state index contributed by atoms with van der Waals surface area (Å²) in [5.74, 6) is 0.650. The lowest BCUT2D eigenvalue weighted by Gasteiger charge is -2.46. The van der Waals surface area contributed by atoms with Crippen molar-refractivity contribution in [2.75, 3.05) is 0 Å². The lowest BCUT2D eigenvalue weighted by molar-refractivity contribution is -0.0647. The molecule has 2 aliphatic carbocycles. The maximum atomic E-state index is 10.4. The molecule has 0 spiro atoms. The molecule has 2 aliphatic rings. The fourth-order valence-corrected chi connectivity index (χ4v) is 5.25. The van der Waals surface area contributed by atoms with Gasteiger partial charge in [-0.15, -0.1) is 0 Å². The van der Waals surface area contributed by atoms with E-state index in [0.29, 0.717) is 18.3 Å². The highest BCUT2D eigenvalue weighted by atomic mass is 16.3. The topological polar surface area (TPSA) is 84.5 Å². The first-order chi connectivity index (χ1) is 10.6. The minimum atomic E-state index is -1.18. The summed E-state index contributed by atoms with van der Waals surface area (Å²) in [6, 6.07) is 2.37. The van der Waals surface area contributed by atoms with Crippen molar-refractivity contribution in [2.45, 2.75) is 84.0 Å². The quantitative estimate of drug-likeness (QED) is 0.726. The van der Waals surface area contributed by atoms with E-state index in [1.807, 2.05) is 0 Å². The van der Waals surface area contributed by atoms with Gasteiger partial charge in [-0.2, -0.15) is 5.26 Å². The highest BCUT2D eigenvalue weighted by Gasteiger charge is 2.53. The van der Waals surface area contributed by atoms with Crippen LogP contribution in [0, 0.1) is 40.4 Å². The normalized spacial score (nSPS) is 38.4. The Morgan fingerprint density at radius 3 is 2.52 bits per heavy atom. The van der Waals surface area contributed by atoms with E-state index in [4.69, 9.17) is 0 Å². The lowest BCUT2D eigenvalue weighted by Crippen LogP contribution is -2.43. The maximum Gasteiger partial charge on any atom is 0.0850 e. The number of rotatable bonds is 5. The van der Waals surface area contributed by atoms with Crippen LogP contribution >= 0.6 is 0 Å².